The molecule has 1 saturated heterocycles. The first-order valence-electron chi connectivity index (χ1n) is 8.67. The Morgan fingerprint density at radius 1 is 1.42 bits per heavy atom. The van der Waals surface area contributed by atoms with Gasteiger partial charge in [-0.1, -0.05) is 13.8 Å². The van der Waals surface area contributed by atoms with Gasteiger partial charge in [-0.15, -0.1) is 0 Å². The topological polar surface area (TPSA) is 99.4 Å². The Balaban J connectivity index is 1.65. The van der Waals surface area contributed by atoms with E-state index in [1.54, 1.807) is 6.07 Å². The molecule has 0 bridgehead atoms. The van der Waals surface area contributed by atoms with Crippen molar-refractivity contribution in [1.29, 1.82) is 0 Å². The highest BCUT2D eigenvalue weighted by Gasteiger charge is 2.31. The maximum Gasteiger partial charge on any atom is 0.270 e. The fraction of sp³-hybridized carbons (Fsp3) is 0.706. The molecular weight excluding hydrogens is 308 g/mol. The molecule has 0 radical (unpaired) electrons. The van der Waals surface area contributed by atoms with Crippen molar-refractivity contribution in [2.45, 2.75) is 51.2 Å². The number of aromatic nitrogens is 2. The molecule has 1 saturated carbocycles. The van der Waals surface area contributed by atoms with Gasteiger partial charge >= 0.3 is 0 Å². The van der Waals surface area contributed by atoms with Crippen LogP contribution in [0.5, 0.6) is 0 Å². The van der Waals surface area contributed by atoms with E-state index in [4.69, 9.17) is 15.2 Å². The van der Waals surface area contributed by atoms with Crippen LogP contribution in [-0.4, -0.2) is 47.8 Å². The molecule has 24 heavy (non-hydrogen) atoms. The summed E-state index contributed by atoms with van der Waals surface area (Å²) < 4.78 is 11.5. The van der Waals surface area contributed by atoms with E-state index in [0.29, 0.717) is 19.1 Å². The number of nitrogens with zero attached hydrogens (tertiary/aromatic N) is 2. The molecule has 0 unspecified atom stereocenters. The van der Waals surface area contributed by atoms with Gasteiger partial charge < -0.3 is 20.5 Å². The predicted octanol–water partition coefficient (Wildman–Crippen LogP) is 1.50. The lowest BCUT2D eigenvalue weighted by atomic mass is 10.1. The monoisotopic (exact) mass is 334 g/mol. The standard InChI is InChI=1S/C17H26N4O3/c1-10(2)12-7-13(21-17(18)20-12)16(22)19-14-9-23-6-5-15(14)24-8-11-3-4-11/h7,10-11,14-15H,3-6,8-9H2,1-2H3,(H,19,22)(H2,18,20,21)/t14-,15+/m1/s1. The molecule has 132 valence electrons. The van der Waals surface area contributed by atoms with Crippen molar-refractivity contribution in [2.24, 2.45) is 5.92 Å². The predicted molar refractivity (Wildman–Crippen MR) is 89.7 cm³/mol. The molecule has 1 aliphatic carbocycles. The zero-order valence-corrected chi connectivity index (χ0v) is 14.3. The van der Waals surface area contributed by atoms with Crippen LogP contribution in [0.1, 0.15) is 55.2 Å². The number of nitrogens with two attached hydrogens (primary N) is 1. The second-order valence-electron chi connectivity index (χ2n) is 6.95. The van der Waals surface area contributed by atoms with Gasteiger partial charge in [0.1, 0.15) is 5.69 Å². The SMILES string of the molecule is CC(C)c1cc(C(=O)N[C@@H]2COCC[C@@H]2OCC2CC2)nc(N)n1. The van der Waals surface area contributed by atoms with E-state index in [2.05, 4.69) is 15.3 Å². The van der Waals surface area contributed by atoms with Gasteiger partial charge in [-0.25, -0.2) is 9.97 Å². The van der Waals surface area contributed by atoms with Crippen molar-refractivity contribution in [3.8, 4) is 0 Å². The zero-order chi connectivity index (χ0) is 17.1. The number of hydrogen-bond donors (Lipinski definition) is 2. The van der Waals surface area contributed by atoms with Crippen LogP contribution in [0.2, 0.25) is 0 Å². The minimum absolute atomic E-state index is 0.00736. The number of nitrogens with one attached hydrogen (secondary N) is 1. The Bertz CT molecular complexity index is 589. The Morgan fingerprint density at radius 2 is 2.21 bits per heavy atom. The number of ether oxygens (including phenoxy) is 2. The lowest BCUT2D eigenvalue weighted by Gasteiger charge is -2.32. The number of anilines is 1. The molecular formula is C17H26N4O3. The third kappa shape index (κ3) is 4.42. The average Bonchev–Trinajstić information content (AvgIpc) is 3.37. The van der Waals surface area contributed by atoms with Crippen molar-refractivity contribution in [3.05, 3.63) is 17.5 Å². The Hall–Kier alpha value is -1.73. The largest absolute Gasteiger partial charge is 0.379 e. The first-order valence-corrected chi connectivity index (χ1v) is 8.67. The highest BCUT2D eigenvalue weighted by Crippen LogP contribution is 2.30. The fourth-order valence-corrected chi connectivity index (χ4v) is 2.74. The normalized spacial score (nSPS) is 24.1. The van der Waals surface area contributed by atoms with Gasteiger partial charge in [0.15, 0.2) is 0 Å². The van der Waals surface area contributed by atoms with E-state index < -0.39 is 0 Å². The van der Waals surface area contributed by atoms with Crippen LogP contribution in [0.3, 0.4) is 0 Å². The molecule has 3 N–H and O–H groups in total. The molecule has 1 amide bonds. The smallest absolute Gasteiger partial charge is 0.270 e. The molecule has 1 aromatic heterocycles. The van der Waals surface area contributed by atoms with Crippen LogP contribution >= 0.6 is 0 Å². The molecule has 3 rings (SSSR count). The number of rotatable bonds is 6. The highest BCUT2D eigenvalue weighted by molar-refractivity contribution is 5.92. The Morgan fingerprint density at radius 3 is 2.92 bits per heavy atom. The molecule has 7 nitrogen and oxygen atoms in total. The van der Waals surface area contributed by atoms with Crippen LogP contribution in [-0.2, 0) is 9.47 Å². The molecule has 0 spiro atoms. The molecule has 1 aliphatic heterocycles. The molecule has 2 atom stereocenters. The van der Waals surface area contributed by atoms with E-state index in [9.17, 15) is 4.79 Å². The second kappa shape index (κ2) is 7.44. The third-order valence-electron chi connectivity index (χ3n) is 4.44. The van der Waals surface area contributed by atoms with E-state index >= 15 is 0 Å². The fourth-order valence-electron chi connectivity index (χ4n) is 2.74. The summed E-state index contributed by atoms with van der Waals surface area (Å²) in [6.45, 7) is 5.90. The third-order valence-corrected chi connectivity index (χ3v) is 4.44. The van der Waals surface area contributed by atoms with Crippen molar-refractivity contribution in [1.82, 2.24) is 15.3 Å². The second-order valence-corrected chi connectivity index (χ2v) is 6.95. The van der Waals surface area contributed by atoms with Crippen molar-refractivity contribution < 1.29 is 14.3 Å². The minimum Gasteiger partial charge on any atom is -0.379 e. The van der Waals surface area contributed by atoms with Gasteiger partial charge in [0.25, 0.3) is 5.91 Å². The van der Waals surface area contributed by atoms with Gasteiger partial charge in [0, 0.05) is 18.9 Å². The number of hydrogen-bond acceptors (Lipinski definition) is 6. The van der Waals surface area contributed by atoms with Crippen LogP contribution in [0.25, 0.3) is 0 Å². The summed E-state index contributed by atoms with van der Waals surface area (Å²) >= 11 is 0. The molecule has 2 aliphatic rings. The average molecular weight is 334 g/mol. The number of amides is 1. The number of nitrogen functional groups attached to an aromatic ring is 1. The molecule has 1 aromatic rings. The summed E-state index contributed by atoms with van der Waals surface area (Å²) in [6, 6.07) is 1.53. The van der Waals surface area contributed by atoms with Crippen molar-refractivity contribution in [3.63, 3.8) is 0 Å². The van der Waals surface area contributed by atoms with Crippen LogP contribution in [0.4, 0.5) is 5.95 Å². The molecule has 2 fully saturated rings. The minimum atomic E-state index is -0.262. The maximum absolute atomic E-state index is 12.6. The number of carbonyl (C=O) groups is 1. The Labute approximate surface area is 142 Å². The van der Waals surface area contributed by atoms with Gasteiger partial charge in [0.05, 0.1) is 18.8 Å². The van der Waals surface area contributed by atoms with Crippen LogP contribution in [0, 0.1) is 5.92 Å². The lowest BCUT2D eigenvalue weighted by molar-refractivity contribution is -0.0567. The van der Waals surface area contributed by atoms with Crippen LogP contribution in [0.15, 0.2) is 6.07 Å². The summed E-state index contributed by atoms with van der Waals surface area (Å²) in [4.78, 5) is 20.8. The molecule has 7 heteroatoms. The summed E-state index contributed by atoms with van der Waals surface area (Å²) in [5, 5.41) is 2.99. The lowest BCUT2D eigenvalue weighted by Crippen LogP contribution is -2.51. The number of carbonyl (C=O) groups excluding carboxylic acids is 1. The van der Waals surface area contributed by atoms with Gasteiger partial charge in [-0.05, 0) is 37.2 Å². The quantitative estimate of drug-likeness (QED) is 0.818. The maximum atomic E-state index is 12.6. The van der Waals surface area contributed by atoms with E-state index in [1.807, 2.05) is 13.8 Å². The Kier molecular flexibility index (Phi) is 5.30. The summed E-state index contributed by atoms with van der Waals surface area (Å²) in [6.07, 6.45) is 3.28. The zero-order valence-electron chi connectivity index (χ0n) is 14.3. The van der Waals surface area contributed by atoms with Crippen molar-refractivity contribution in [2.75, 3.05) is 25.6 Å². The van der Waals surface area contributed by atoms with Crippen molar-refractivity contribution >= 4 is 11.9 Å². The van der Waals surface area contributed by atoms with E-state index in [0.717, 1.165) is 18.7 Å². The summed E-state index contributed by atoms with van der Waals surface area (Å²) in [5.41, 5.74) is 6.78. The first kappa shape index (κ1) is 17.1. The highest BCUT2D eigenvalue weighted by atomic mass is 16.5. The van der Waals surface area contributed by atoms with Gasteiger partial charge in [0.2, 0.25) is 5.95 Å². The van der Waals surface area contributed by atoms with E-state index in [-0.39, 0.29) is 35.6 Å². The van der Waals surface area contributed by atoms with Gasteiger partial charge in [-0.3, -0.25) is 4.79 Å². The first-order chi connectivity index (χ1) is 11.5. The van der Waals surface area contributed by atoms with E-state index in [1.165, 1.54) is 12.8 Å². The van der Waals surface area contributed by atoms with Crippen LogP contribution < -0.4 is 11.1 Å². The molecule has 2 heterocycles. The van der Waals surface area contributed by atoms with Gasteiger partial charge in [-0.2, -0.15) is 0 Å². The summed E-state index contributed by atoms with van der Waals surface area (Å²) in [7, 11) is 0. The molecule has 0 aromatic carbocycles. The summed E-state index contributed by atoms with van der Waals surface area (Å²) in [5.74, 6) is 0.725.